The van der Waals surface area contributed by atoms with Crippen molar-refractivity contribution in [2.24, 2.45) is 0 Å². The lowest BCUT2D eigenvalue weighted by Crippen LogP contribution is -2.28. The molecule has 16 aromatic rings. The van der Waals surface area contributed by atoms with Gasteiger partial charge in [0.2, 0.25) is 0 Å². The highest BCUT2D eigenvalue weighted by molar-refractivity contribution is 5.83. The van der Waals surface area contributed by atoms with Gasteiger partial charge >= 0.3 is 0 Å². The first-order valence-corrected chi connectivity index (χ1v) is 40.1. The number of rotatable bonds is 16. The third kappa shape index (κ3) is 15.4. The molecule has 0 unspecified atom stereocenters. The Labute approximate surface area is 700 Å². The van der Waals surface area contributed by atoms with Gasteiger partial charge in [0.15, 0.2) is 45.4 Å². The molecule has 4 N–H and O–H groups in total. The van der Waals surface area contributed by atoms with E-state index >= 15 is 0 Å². The third-order valence-electron chi connectivity index (χ3n) is 23.8. The van der Waals surface area contributed by atoms with E-state index in [0.717, 1.165) is 96.9 Å². The van der Waals surface area contributed by atoms with Crippen LogP contribution in [0.15, 0.2) is 190 Å². The van der Waals surface area contributed by atoms with Gasteiger partial charge in [-0.2, -0.15) is 41.4 Å². The highest BCUT2D eigenvalue weighted by Gasteiger charge is 2.42. The lowest BCUT2D eigenvalue weighted by Gasteiger charge is -2.34. The van der Waals surface area contributed by atoms with E-state index in [1.165, 1.54) is 48.5 Å². The first-order chi connectivity index (χ1) is 60.3. The number of halogens is 4. The second-order valence-electron chi connectivity index (χ2n) is 30.7. The Bertz CT molecular complexity index is 6270. The summed E-state index contributed by atoms with van der Waals surface area (Å²) in [7, 11) is 0. The van der Waals surface area contributed by atoms with Gasteiger partial charge < -0.3 is 19.9 Å². The number of nitrogens with one attached hydrogen (secondary N) is 4. The van der Waals surface area contributed by atoms with E-state index in [2.05, 4.69) is 80.2 Å². The van der Waals surface area contributed by atoms with Crippen LogP contribution >= 0.6 is 0 Å². The van der Waals surface area contributed by atoms with Crippen LogP contribution in [0, 0.1) is 68.6 Å². The van der Waals surface area contributed by atoms with Gasteiger partial charge in [-0.3, -0.25) is 19.2 Å². The summed E-state index contributed by atoms with van der Waals surface area (Å²) >= 11 is 0. The first-order valence-electron chi connectivity index (χ1n) is 40.1. The highest BCUT2D eigenvalue weighted by Crippen LogP contribution is 2.50. The van der Waals surface area contributed by atoms with Gasteiger partial charge in [0, 0.05) is 96.9 Å². The Morgan fingerprint density at radius 2 is 0.476 bits per heavy atom. The number of nitrogens with zero attached hydrogens (tertiary/aromatic N) is 24. The summed E-state index contributed by atoms with van der Waals surface area (Å²) in [5.41, 5.74) is 3.00. The summed E-state index contributed by atoms with van der Waals surface area (Å²) in [6.45, 7) is 7.47. The van der Waals surface area contributed by atoms with Gasteiger partial charge in [0.1, 0.15) is 116 Å². The van der Waals surface area contributed by atoms with Crippen LogP contribution in [0.5, 0.6) is 0 Å². The van der Waals surface area contributed by atoms with Crippen molar-refractivity contribution in [3.05, 3.63) is 327 Å². The van der Waals surface area contributed by atoms with Gasteiger partial charge in [0.05, 0.1) is 24.2 Å². The molecule has 4 fully saturated rings. The van der Waals surface area contributed by atoms with Gasteiger partial charge in [-0.05, 0) is 174 Å². The van der Waals surface area contributed by atoms with Crippen LogP contribution in [-0.4, -0.2) is 119 Å². The number of fused-ring (bicyclic) bond motifs is 4. The van der Waals surface area contributed by atoms with E-state index in [1.54, 1.807) is 141 Å². The summed E-state index contributed by atoms with van der Waals surface area (Å²) in [5.74, 6) is 3.94. The van der Waals surface area contributed by atoms with Gasteiger partial charge in [0.25, 0.3) is 22.2 Å². The number of nitriles is 4. The van der Waals surface area contributed by atoms with Crippen molar-refractivity contribution in [1.82, 2.24) is 119 Å². The second-order valence-corrected chi connectivity index (χ2v) is 30.7. The SMILES string of the molecule is C[C@@H](c1ccc(F)cc1)n1nc(C#N)c2c(=O)[nH]c([C@@H]3CC[C@H]3c3ncccn3)nc21.C[C@@H](c1ccc(F)cc1)n1nc(C#N)c2c(=O)[nH]c([C@H]3CC[C@@H]3c3ncccn3)nc21.C[C@H](c1ccc(F)cc1)n1nc(C#N)c2c(=O)[nH]c([C@@H]3CC[C@H]3c3ncccn3)nc21.C[C@H](c1ccc(F)cc1)n1nc(C#N)c2c(=O)[nH]c([C@H]3CC[C@@H]3c3ncccn3)nc21. The Balaban J connectivity index is 0.000000117. The van der Waals surface area contributed by atoms with Crippen LogP contribution in [0.25, 0.3) is 44.1 Å². The zero-order valence-corrected chi connectivity index (χ0v) is 66.6. The molecule has 4 aliphatic rings. The molecular formula is C88H72F4N28O4. The standard InChI is InChI=1S/4C22H18FN7O/c4*1-12(13-3-5-14(23)6-4-13)30-21-18(17(11-24)29-30)22(31)28-20(27-21)16-8-7-15(16)19-25-9-2-10-26-19/h4*2-6,9-10,12,15-16H,7-8H2,1H3,(H,27,28,31)/t2*12-,15+,16+;2*12-,15-,16-/m1010/s1. The molecule has 0 spiro atoms. The molecule has 36 heteroatoms. The zero-order chi connectivity index (χ0) is 86.1. The first kappa shape index (κ1) is 80.7. The number of H-pyrrole nitrogens is 4. The van der Waals surface area contributed by atoms with Gasteiger partial charge in [-0.15, -0.1) is 0 Å². The van der Waals surface area contributed by atoms with E-state index in [4.69, 9.17) is 19.9 Å². The quantitative estimate of drug-likeness (QED) is 0.0653. The minimum absolute atomic E-state index is 0.0146. The van der Waals surface area contributed by atoms with Crippen LogP contribution in [0.4, 0.5) is 17.6 Å². The largest absolute Gasteiger partial charge is 0.310 e. The monoisotopic (exact) mass is 1660 g/mol. The van der Waals surface area contributed by atoms with Crippen molar-refractivity contribution in [1.29, 1.82) is 21.0 Å². The molecule has 0 amide bonds. The third-order valence-corrected chi connectivity index (χ3v) is 23.8. The maximum atomic E-state index is 13.3. The highest BCUT2D eigenvalue weighted by atomic mass is 19.1. The Hall–Kier alpha value is -15.7. The topological polar surface area (TPSA) is 453 Å². The van der Waals surface area contributed by atoms with Crippen molar-refractivity contribution in [3.63, 3.8) is 0 Å². The van der Waals surface area contributed by atoms with Crippen LogP contribution in [-0.2, 0) is 0 Å². The minimum Gasteiger partial charge on any atom is -0.310 e. The van der Waals surface area contributed by atoms with Crippen molar-refractivity contribution in [2.75, 3.05) is 0 Å². The lowest BCUT2D eigenvalue weighted by atomic mass is 9.72. The van der Waals surface area contributed by atoms with Crippen molar-refractivity contribution >= 4 is 44.1 Å². The summed E-state index contributed by atoms with van der Waals surface area (Å²) in [6.07, 6.45) is 20.7. The lowest BCUT2D eigenvalue weighted by molar-refractivity contribution is 0.319. The molecule has 20 rings (SSSR count). The Kier molecular flexibility index (Phi) is 22.2. The summed E-state index contributed by atoms with van der Waals surface area (Å²) in [6, 6.07) is 37.8. The number of aromatic amines is 4. The summed E-state index contributed by atoms with van der Waals surface area (Å²) < 4.78 is 59.6. The maximum Gasteiger partial charge on any atom is 0.263 e. The number of benzene rings is 4. The van der Waals surface area contributed by atoms with Crippen LogP contribution in [0.3, 0.4) is 0 Å². The molecule has 12 atom stereocenters. The van der Waals surface area contributed by atoms with Crippen LogP contribution < -0.4 is 22.2 Å². The molecule has 0 aliphatic heterocycles. The fraction of sp³-hybridized carbons (Fsp3) is 0.273. The predicted molar refractivity (Wildman–Crippen MR) is 439 cm³/mol. The van der Waals surface area contributed by atoms with E-state index in [0.29, 0.717) is 45.9 Å². The minimum atomic E-state index is -0.395. The molecule has 4 saturated carbocycles. The van der Waals surface area contributed by atoms with E-state index < -0.39 is 22.2 Å². The normalized spacial score (nSPS) is 19.0. The smallest absolute Gasteiger partial charge is 0.263 e. The van der Waals surface area contributed by atoms with Gasteiger partial charge in [-0.1, -0.05) is 48.5 Å². The van der Waals surface area contributed by atoms with Crippen molar-refractivity contribution < 1.29 is 17.6 Å². The molecule has 12 heterocycles. The second kappa shape index (κ2) is 34.2. The average molecular weight is 1660 g/mol. The van der Waals surface area contributed by atoms with E-state index in [1.807, 2.05) is 52.0 Å². The molecule has 0 saturated heterocycles. The summed E-state index contributed by atoms with van der Waals surface area (Å²) in [4.78, 5) is 117. The molecule has 124 heavy (non-hydrogen) atoms. The molecule has 4 aliphatic carbocycles. The van der Waals surface area contributed by atoms with Crippen molar-refractivity contribution in [3.8, 4) is 24.3 Å². The molecule has 12 aromatic heterocycles. The van der Waals surface area contributed by atoms with Gasteiger partial charge in [-0.25, -0.2) is 96.1 Å². The fourth-order valence-corrected chi connectivity index (χ4v) is 16.4. The average Bonchev–Trinajstić information content (AvgIpc) is 1.63. The summed E-state index contributed by atoms with van der Waals surface area (Å²) in [5, 5.41) is 56.1. The Morgan fingerprint density at radius 3 is 0.637 bits per heavy atom. The van der Waals surface area contributed by atoms with E-state index in [9.17, 15) is 57.8 Å². The number of hydrogen-bond acceptors (Lipinski definition) is 24. The zero-order valence-electron chi connectivity index (χ0n) is 66.6. The Morgan fingerprint density at radius 1 is 0.298 bits per heavy atom. The molecule has 0 radical (unpaired) electrons. The van der Waals surface area contributed by atoms with Crippen LogP contribution in [0.1, 0.15) is 242 Å². The van der Waals surface area contributed by atoms with Crippen molar-refractivity contribution in [2.45, 2.75) is 151 Å². The predicted octanol–water partition coefficient (Wildman–Crippen LogP) is 12.8. The molecular weight excluding hydrogens is 1590 g/mol. The maximum absolute atomic E-state index is 13.3. The number of aromatic nitrogens is 24. The number of hydrogen-bond donors (Lipinski definition) is 4. The fourth-order valence-electron chi connectivity index (χ4n) is 16.4. The molecule has 0 bridgehead atoms. The van der Waals surface area contributed by atoms with E-state index in [-0.39, 0.29) is 139 Å². The van der Waals surface area contributed by atoms with Crippen LogP contribution in [0.2, 0.25) is 0 Å². The molecule has 616 valence electrons. The molecule has 32 nitrogen and oxygen atoms in total. The molecule has 4 aromatic carbocycles.